The summed E-state index contributed by atoms with van der Waals surface area (Å²) in [6, 6.07) is 6.76. The van der Waals surface area contributed by atoms with Crippen molar-refractivity contribution in [1.29, 1.82) is 0 Å². The monoisotopic (exact) mass is 354 g/mol. The van der Waals surface area contributed by atoms with E-state index >= 15 is 0 Å². The van der Waals surface area contributed by atoms with Gasteiger partial charge >= 0.3 is 0 Å². The van der Waals surface area contributed by atoms with Crippen molar-refractivity contribution in [2.45, 2.75) is 65.5 Å². The van der Waals surface area contributed by atoms with Crippen LogP contribution in [0.25, 0.3) is 0 Å². The van der Waals surface area contributed by atoms with E-state index < -0.39 is 0 Å². The number of aryl methyl sites for hydroxylation is 2. The molecule has 5 heteroatoms. The standard InChI is InChI=1S/C21H30N4O/c1-5-22-20(25-14-19-23-13-18(26-19)21(2,3)4)24-12-15-9-10-16-7-6-8-17(16)11-15/h9-11,13H,5-8,12,14H2,1-4H3,(H2,22,24,25). The lowest BCUT2D eigenvalue weighted by atomic mass is 9.94. The molecule has 1 heterocycles. The molecule has 0 aliphatic heterocycles. The highest BCUT2D eigenvalue weighted by atomic mass is 16.4. The number of fused-ring (bicyclic) bond motifs is 1. The van der Waals surface area contributed by atoms with Gasteiger partial charge in [0.1, 0.15) is 5.76 Å². The van der Waals surface area contributed by atoms with Gasteiger partial charge in [-0.1, -0.05) is 39.0 Å². The van der Waals surface area contributed by atoms with Crippen LogP contribution in [0.4, 0.5) is 0 Å². The molecule has 1 aliphatic rings. The minimum absolute atomic E-state index is 0.0304. The molecule has 0 saturated carbocycles. The fraction of sp³-hybridized carbons (Fsp3) is 0.524. The molecular formula is C21H30N4O. The smallest absolute Gasteiger partial charge is 0.213 e. The number of aliphatic imine (C=N–C) groups is 1. The van der Waals surface area contributed by atoms with Gasteiger partial charge in [0.15, 0.2) is 5.96 Å². The molecule has 1 aliphatic carbocycles. The molecule has 26 heavy (non-hydrogen) atoms. The summed E-state index contributed by atoms with van der Waals surface area (Å²) in [6.45, 7) is 10.4. The quantitative estimate of drug-likeness (QED) is 0.635. The summed E-state index contributed by atoms with van der Waals surface area (Å²) < 4.78 is 5.83. The molecule has 3 rings (SSSR count). The molecule has 5 nitrogen and oxygen atoms in total. The van der Waals surface area contributed by atoms with E-state index in [2.05, 4.69) is 61.5 Å². The van der Waals surface area contributed by atoms with Crippen LogP contribution in [0.5, 0.6) is 0 Å². The minimum Gasteiger partial charge on any atom is -0.443 e. The highest BCUT2D eigenvalue weighted by Gasteiger charge is 2.19. The Balaban J connectivity index is 1.61. The van der Waals surface area contributed by atoms with E-state index in [1.807, 2.05) is 6.20 Å². The first-order valence-electron chi connectivity index (χ1n) is 9.54. The van der Waals surface area contributed by atoms with E-state index in [-0.39, 0.29) is 5.41 Å². The van der Waals surface area contributed by atoms with Crippen LogP contribution in [0.3, 0.4) is 0 Å². The molecule has 0 atom stereocenters. The number of benzene rings is 1. The van der Waals surface area contributed by atoms with Crippen LogP contribution >= 0.6 is 0 Å². The van der Waals surface area contributed by atoms with Crippen LogP contribution in [0.2, 0.25) is 0 Å². The molecule has 2 N–H and O–H groups in total. The molecule has 0 bridgehead atoms. The number of aromatic nitrogens is 1. The molecule has 0 saturated heterocycles. The topological polar surface area (TPSA) is 62.5 Å². The molecule has 0 fully saturated rings. The van der Waals surface area contributed by atoms with E-state index in [4.69, 9.17) is 9.41 Å². The molecule has 0 unspecified atom stereocenters. The lowest BCUT2D eigenvalue weighted by molar-refractivity contribution is 0.379. The predicted molar refractivity (Wildman–Crippen MR) is 105 cm³/mol. The average molecular weight is 354 g/mol. The third-order valence-electron chi connectivity index (χ3n) is 4.63. The van der Waals surface area contributed by atoms with Crippen molar-refractivity contribution < 1.29 is 4.42 Å². The van der Waals surface area contributed by atoms with Crippen molar-refractivity contribution in [2.24, 2.45) is 4.99 Å². The zero-order valence-corrected chi connectivity index (χ0v) is 16.4. The Kier molecular flexibility index (Phi) is 5.64. The second kappa shape index (κ2) is 7.94. The van der Waals surface area contributed by atoms with Gasteiger partial charge in [-0.05, 0) is 42.9 Å². The Hall–Kier alpha value is -2.30. The Bertz CT molecular complexity index is 771. The maximum atomic E-state index is 5.83. The van der Waals surface area contributed by atoms with Crippen LogP contribution in [0.1, 0.15) is 62.5 Å². The summed E-state index contributed by atoms with van der Waals surface area (Å²) in [6.07, 6.45) is 5.51. The van der Waals surface area contributed by atoms with Gasteiger partial charge in [-0.3, -0.25) is 0 Å². The summed E-state index contributed by atoms with van der Waals surface area (Å²) in [5.41, 5.74) is 4.22. The summed E-state index contributed by atoms with van der Waals surface area (Å²) in [7, 11) is 0. The van der Waals surface area contributed by atoms with Crippen molar-refractivity contribution in [2.75, 3.05) is 6.54 Å². The first kappa shape index (κ1) is 18.5. The molecule has 0 spiro atoms. The fourth-order valence-corrected chi connectivity index (χ4v) is 3.13. The number of guanidine groups is 1. The molecule has 140 valence electrons. The van der Waals surface area contributed by atoms with Crippen LogP contribution in [-0.2, 0) is 31.3 Å². The van der Waals surface area contributed by atoms with Crippen molar-refractivity contribution in [3.8, 4) is 0 Å². The lowest BCUT2D eigenvalue weighted by Crippen LogP contribution is -2.36. The Morgan fingerprint density at radius 3 is 2.73 bits per heavy atom. The van der Waals surface area contributed by atoms with Crippen molar-refractivity contribution in [3.05, 3.63) is 52.7 Å². The maximum Gasteiger partial charge on any atom is 0.213 e. The largest absolute Gasteiger partial charge is 0.443 e. The van der Waals surface area contributed by atoms with Crippen LogP contribution in [-0.4, -0.2) is 17.5 Å². The van der Waals surface area contributed by atoms with Crippen LogP contribution < -0.4 is 10.6 Å². The zero-order valence-electron chi connectivity index (χ0n) is 16.4. The second-order valence-electron chi connectivity index (χ2n) is 7.87. The van der Waals surface area contributed by atoms with Gasteiger partial charge in [-0.25, -0.2) is 9.98 Å². The Morgan fingerprint density at radius 1 is 1.19 bits per heavy atom. The Labute approximate surface area is 156 Å². The van der Waals surface area contributed by atoms with Crippen molar-refractivity contribution in [3.63, 3.8) is 0 Å². The van der Waals surface area contributed by atoms with Crippen LogP contribution in [0, 0.1) is 0 Å². The number of nitrogens with one attached hydrogen (secondary N) is 2. The van der Waals surface area contributed by atoms with Crippen molar-refractivity contribution in [1.82, 2.24) is 15.6 Å². The first-order chi connectivity index (χ1) is 12.5. The molecule has 0 amide bonds. The fourth-order valence-electron chi connectivity index (χ4n) is 3.13. The van der Waals surface area contributed by atoms with Gasteiger partial charge in [-0.2, -0.15) is 0 Å². The molecule has 2 aromatic rings. The van der Waals surface area contributed by atoms with Gasteiger partial charge < -0.3 is 15.1 Å². The summed E-state index contributed by atoms with van der Waals surface area (Å²) in [4.78, 5) is 9.07. The molecule has 1 aromatic heterocycles. The molecule has 0 radical (unpaired) electrons. The number of rotatable bonds is 5. The van der Waals surface area contributed by atoms with Gasteiger partial charge in [0.25, 0.3) is 0 Å². The zero-order chi connectivity index (χ0) is 18.6. The third kappa shape index (κ3) is 4.65. The van der Waals surface area contributed by atoms with E-state index in [0.717, 1.165) is 18.3 Å². The van der Waals surface area contributed by atoms with Gasteiger partial charge in [-0.15, -0.1) is 0 Å². The molecule has 1 aromatic carbocycles. The number of oxazole rings is 1. The van der Waals surface area contributed by atoms with E-state index in [0.29, 0.717) is 19.0 Å². The minimum atomic E-state index is -0.0304. The SMILES string of the molecule is CCNC(=NCc1ccc2c(c1)CCC2)NCc1ncc(C(C)(C)C)o1. The third-order valence-corrected chi connectivity index (χ3v) is 4.63. The maximum absolute atomic E-state index is 5.83. The highest BCUT2D eigenvalue weighted by Crippen LogP contribution is 2.23. The van der Waals surface area contributed by atoms with Gasteiger partial charge in [0.2, 0.25) is 5.89 Å². The lowest BCUT2D eigenvalue weighted by Gasteiger charge is -2.13. The predicted octanol–water partition coefficient (Wildman–Crippen LogP) is 3.72. The average Bonchev–Trinajstić information content (AvgIpc) is 3.25. The van der Waals surface area contributed by atoms with Gasteiger partial charge in [0.05, 0.1) is 19.3 Å². The number of nitrogens with zero attached hydrogens (tertiary/aromatic N) is 2. The van der Waals surface area contributed by atoms with Crippen LogP contribution in [0.15, 0.2) is 33.8 Å². The normalized spacial score (nSPS) is 14.4. The van der Waals surface area contributed by atoms with Gasteiger partial charge in [0, 0.05) is 12.0 Å². The Morgan fingerprint density at radius 2 is 2.00 bits per heavy atom. The summed E-state index contributed by atoms with van der Waals surface area (Å²) in [5, 5.41) is 6.59. The highest BCUT2D eigenvalue weighted by molar-refractivity contribution is 5.79. The van der Waals surface area contributed by atoms with Crippen molar-refractivity contribution >= 4 is 5.96 Å². The summed E-state index contributed by atoms with van der Waals surface area (Å²) >= 11 is 0. The molecular weight excluding hydrogens is 324 g/mol. The van der Waals surface area contributed by atoms with E-state index in [1.54, 1.807) is 0 Å². The number of hydrogen-bond acceptors (Lipinski definition) is 3. The first-order valence-corrected chi connectivity index (χ1v) is 9.54. The van der Waals surface area contributed by atoms with E-state index in [1.165, 1.54) is 36.0 Å². The summed E-state index contributed by atoms with van der Waals surface area (Å²) in [5.74, 6) is 2.36. The number of hydrogen-bond donors (Lipinski definition) is 2. The van der Waals surface area contributed by atoms with E-state index in [9.17, 15) is 0 Å². The second-order valence-corrected chi connectivity index (χ2v) is 7.87.